The molecule has 5 rings (SSSR count). The van der Waals surface area contributed by atoms with Gasteiger partial charge in [-0.3, -0.25) is 14.4 Å². The Bertz CT molecular complexity index is 1850. The highest BCUT2D eigenvalue weighted by molar-refractivity contribution is 7.98. The summed E-state index contributed by atoms with van der Waals surface area (Å²) >= 11 is 1.74. The Morgan fingerprint density at radius 3 is 2.54 bits per heavy atom. The monoisotopic (exact) mass is 701 g/mol. The molecule has 1 aliphatic rings. The highest BCUT2D eigenvalue weighted by Gasteiger charge is 2.29. The van der Waals surface area contributed by atoms with E-state index in [9.17, 15) is 14.4 Å². The van der Waals surface area contributed by atoms with E-state index in [4.69, 9.17) is 19.2 Å². The number of thioether (sulfide) groups is 1. The fourth-order valence-electron chi connectivity index (χ4n) is 6.58. The van der Waals surface area contributed by atoms with Gasteiger partial charge in [-0.2, -0.15) is 11.8 Å². The first kappa shape index (κ1) is 36.6. The van der Waals surface area contributed by atoms with E-state index in [0.717, 1.165) is 65.0 Å². The summed E-state index contributed by atoms with van der Waals surface area (Å²) < 4.78 is 17.2. The number of carbonyl (C=O) groups is 2. The summed E-state index contributed by atoms with van der Waals surface area (Å²) in [7, 11) is 4.72. The van der Waals surface area contributed by atoms with Gasteiger partial charge in [0.15, 0.2) is 11.5 Å². The molecule has 0 aliphatic heterocycles. The van der Waals surface area contributed by atoms with Gasteiger partial charge in [0.2, 0.25) is 23.0 Å². The van der Waals surface area contributed by atoms with Crippen molar-refractivity contribution in [2.24, 2.45) is 0 Å². The van der Waals surface area contributed by atoms with Crippen LogP contribution in [-0.2, 0) is 16.0 Å². The first-order valence-electron chi connectivity index (χ1n) is 17.0. The average Bonchev–Trinajstić information content (AvgIpc) is 3.41. The fraction of sp³-hybridized carbons (Fsp3) is 0.421. The van der Waals surface area contributed by atoms with Gasteiger partial charge in [0, 0.05) is 25.5 Å². The van der Waals surface area contributed by atoms with Crippen LogP contribution < -0.4 is 35.6 Å². The Labute approximate surface area is 297 Å². The van der Waals surface area contributed by atoms with Crippen LogP contribution in [0.3, 0.4) is 0 Å². The number of hydrogen-bond donors (Lipinski definition) is 4. The standard InChI is InChI=1S/C38H47N5O6S/c1-23(44)40-27-16-14-24-21-33(47-2)36(48-3)37(49-4)35(24)25-15-17-30(32(45)22-26(25)27)39-19-10-6-7-13-34(46)41-31(18-20-50-5)38-42-28-11-8-9-12-29(28)43-38/h8-9,11-12,15,17,21-22,27,31H,6-7,10,13-14,16,18-20H2,1-5H3,(H,39,45)(H,40,44)(H,41,46)(H,42,43). The zero-order valence-electron chi connectivity index (χ0n) is 29.4. The summed E-state index contributed by atoms with van der Waals surface area (Å²) in [5.74, 6) is 3.04. The predicted molar refractivity (Wildman–Crippen MR) is 200 cm³/mol. The molecule has 1 aliphatic carbocycles. The lowest BCUT2D eigenvalue weighted by atomic mass is 9.95. The van der Waals surface area contributed by atoms with Gasteiger partial charge in [-0.15, -0.1) is 0 Å². The average molecular weight is 702 g/mol. The number of anilines is 1. The second-order valence-corrected chi connectivity index (χ2v) is 13.4. The van der Waals surface area contributed by atoms with Gasteiger partial charge in [0.05, 0.1) is 50.1 Å². The molecule has 3 aromatic carbocycles. The number of benzene rings is 2. The third-order valence-corrected chi connectivity index (χ3v) is 9.64. The SMILES string of the molecule is COc1cc2c(c(OC)c1OC)-c1ccc(NCCCCCC(=O)NC(CCSC)c3nc4ccccc4[nH]3)c(=O)cc1C(NC(C)=O)CC2. The molecule has 0 fully saturated rings. The van der Waals surface area contributed by atoms with Gasteiger partial charge >= 0.3 is 0 Å². The number of carbonyl (C=O) groups excluding carboxylic acids is 2. The molecule has 1 aromatic heterocycles. The maximum Gasteiger partial charge on any atom is 0.220 e. The van der Waals surface area contributed by atoms with Crippen LogP contribution in [0.5, 0.6) is 17.2 Å². The number of aryl methyl sites for hydroxylation is 1. The van der Waals surface area contributed by atoms with E-state index >= 15 is 0 Å². The minimum absolute atomic E-state index is 0.00151. The summed E-state index contributed by atoms with van der Waals surface area (Å²) in [4.78, 5) is 46.8. The number of imidazole rings is 1. The third-order valence-electron chi connectivity index (χ3n) is 9.00. The van der Waals surface area contributed by atoms with Crippen molar-refractivity contribution in [1.29, 1.82) is 0 Å². The Kier molecular flexibility index (Phi) is 12.6. The second-order valence-electron chi connectivity index (χ2n) is 12.4. The van der Waals surface area contributed by atoms with Gasteiger partial charge in [0.25, 0.3) is 0 Å². The van der Waals surface area contributed by atoms with Crippen molar-refractivity contribution in [3.8, 4) is 28.4 Å². The largest absolute Gasteiger partial charge is 0.493 e. The Hall–Kier alpha value is -4.71. The number of ether oxygens (including phenoxy) is 3. The summed E-state index contributed by atoms with van der Waals surface area (Å²) in [6.07, 6.45) is 6.81. The van der Waals surface area contributed by atoms with Crippen LogP contribution in [0.25, 0.3) is 22.2 Å². The van der Waals surface area contributed by atoms with Crippen molar-refractivity contribution < 1.29 is 23.8 Å². The molecule has 266 valence electrons. The second kappa shape index (κ2) is 17.3. The van der Waals surface area contributed by atoms with E-state index < -0.39 is 0 Å². The van der Waals surface area contributed by atoms with E-state index in [1.54, 1.807) is 45.2 Å². The first-order chi connectivity index (χ1) is 24.3. The zero-order valence-corrected chi connectivity index (χ0v) is 30.3. The van der Waals surface area contributed by atoms with E-state index in [1.165, 1.54) is 6.92 Å². The summed E-state index contributed by atoms with van der Waals surface area (Å²) in [6.45, 7) is 2.05. The molecule has 11 nitrogen and oxygen atoms in total. The number of aromatic amines is 1. The molecule has 2 unspecified atom stereocenters. The van der Waals surface area contributed by atoms with Crippen LogP contribution in [-0.4, -0.2) is 61.7 Å². The number of para-hydroxylation sites is 2. The molecular formula is C38H47N5O6S. The number of unbranched alkanes of at least 4 members (excludes halogenated alkanes) is 2. The molecule has 0 bridgehead atoms. The molecule has 0 spiro atoms. The Morgan fingerprint density at radius 2 is 1.82 bits per heavy atom. The lowest BCUT2D eigenvalue weighted by Gasteiger charge is -2.19. The molecule has 2 atom stereocenters. The van der Waals surface area contributed by atoms with Crippen molar-refractivity contribution in [2.75, 3.05) is 45.2 Å². The fourth-order valence-corrected chi connectivity index (χ4v) is 7.05. The minimum Gasteiger partial charge on any atom is -0.493 e. The lowest BCUT2D eigenvalue weighted by Crippen LogP contribution is -2.29. The maximum atomic E-state index is 13.6. The predicted octanol–water partition coefficient (Wildman–Crippen LogP) is 6.32. The van der Waals surface area contributed by atoms with Gasteiger partial charge < -0.3 is 35.1 Å². The molecule has 4 N–H and O–H groups in total. The van der Waals surface area contributed by atoms with Crippen molar-refractivity contribution in [2.45, 2.75) is 64.0 Å². The van der Waals surface area contributed by atoms with Crippen molar-refractivity contribution in [3.05, 3.63) is 75.7 Å². The molecule has 0 radical (unpaired) electrons. The van der Waals surface area contributed by atoms with Crippen LogP contribution >= 0.6 is 11.8 Å². The summed E-state index contributed by atoms with van der Waals surface area (Å²) in [5, 5.41) is 9.53. The number of hydrogen-bond acceptors (Lipinski definition) is 9. The lowest BCUT2D eigenvalue weighted by molar-refractivity contribution is -0.122. The number of fused-ring (bicyclic) bond motifs is 4. The number of amides is 2. The van der Waals surface area contributed by atoms with Crippen LogP contribution in [0.4, 0.5) is 5.69 Å². The quantitative estimate of drug-likeness (QED) is 0.0987. The minimum atomic E-state index is -0.372. The van der Waals surface area contributed by atoms with Crippen molar-refractivity contribution in [3.63, 3.8) is 0 Å². The molecule has 2 amide bonds. The summed E-state index contributed by atoms with van der Waals surface area (Å²) in [6, 6.07) is 14.6. The first-order valence-corrected chi connectivity index (χ1v) is 18.4. The number of nitrogens with one attached hydrogen (secondary N) is 4. The van der Waals surface area contributed by atoms with Crippen molar-refractivity contribution in [1.82, 2.24) is 20.6 Å². The maximum absolute atomic E-state index is 13.6. The highest BCUT2D eigenvalue weighted by Crippen LogP contribution is 2.50. The van der Waals surface area contributed by atoms with Crippen molar-refractivity contribution >= 4 is 40.3 Å². The molecule has 0 saturated carbocycles. The Balaban J connectivity index is 1.25. The van der Waals surface area contributed by atoms with Gasteiger partial charge in [-0.25, -0.2) is 4.98 Å². The van der Waals surface area contributed by atoms with E-state index in [0.29, 0.717) is 54.3 Å². The van der Waals surface area contributed by atoms with Gasteiger partial charge in [-0.05, 0) is 91.1 Å². The summed E-state index contributed by atoms with van der Waals surface area (Å²) in [5.41, 5.74) is 5.41. The number of nitrogens with zero attached hydrogens (tertiary/aromatic N) is 1. The number of rotatable bonds is 16. The third kappa shape index (κ3) is 8.53. The molecule has 0 saturated heterocycles. The van der Waals surface area contributed by atoms with Crippen LogP contribution in [0.1, 0.15) is 74.5 Å². The van der Waals surface area contributed by atoms with Crippen LogP contribution in [0, 0.1) is 0 Å². The van der Waals surface area contributed by atoms with Gasteiger partial charge in [-0.1, -0.05) is 24.6 Å². The molecule has 12 heteroatoms. The van der Waals surface area contributed by atoms with Crippen LogP contribution in [0.2, 0.25) is 0 Å². The smallest absolute Gasteiger partial charge is 0.220 e. The Morgan fingerprint density at radius 1 is 1.02 bits per heavy atom. The molecule has 4 aromatic rings. The molecule has 1 heterocycles. The van der Waals surface area contributed by atoms with E-state index in [2.05, 4.69) is 27.2 Å². The molecule has 50 heavy (non-hydrogen) atoms. The molecular weight excluding hydrogens is 655 g/mol. The van der Waals surface area contributed by atoms with E-state index in [1.807, 2.05) is 36.4 Å². The number of methoxy groups -OCH3 is 3. The van der Waals surface area contributed by atoms with Crippen LogP contribution in [0.15, 0.2) is 53.3 Å². The highest BCUT2D eigenvalue weighted by atomic mass is 32.2. The number of H-pyrrole nitrogens is 1. The zero-order chi connectivity index (χ0) is 35.6. The van der Waals surface area contributed by atoms with E-state index in [-0.39, 0.29) is 29.3 Å². The topological polar surface area (TPSA) is 144 Å². The number of aromatic nitrogens is 2. The van der Waals surface area contributed by atoms with Gasteiger partial charge in [0.1, 0.15) is 5.82 Å². The normalized spacial score (nSPS) is 14.1.